The molecule has 1 aromatic rings. The molecule has 1 unspecified atom stereocenters. The molecule has 1 spiro atoms. The molecule has 4 aliphatic rings. The normalized spacial score (nSPS) is 29.9. The van der Waals surface area contributed by atoms with E-state index in [9.17, 15) is 14.4 Å². The molecular formula is C30H38ClN3O5. The van der Waals surface area contributed by atoms with Crippen molar-refractivity contribution in [1.82, 2.24) is 9.80 Å². The predicted octanol–water partition coefficient (Wildman–Crippen LogP) is 3.49. The molecule has 39 heavy (non-hydrogen) atoms. The molecule has 9 heteroatoms. The molecule has 0 aliphatic carbocycles. The van der Waals surface area contributed by atoms with Crippen molar-refractivity contribution in [2.24, 2.45) is 11.8 Å². The number of benzene rings is 1. The van der Waals surface area contributed by atoms with E-state index in [1.165, 1.54) is 0 Å². The lowest BCUT2D eigenvalue weighted by Crippen LogP contribution is -2.55. The van der Waals surface area contributed by atoms with Crippen LogP contribution >= 0.6 is 11.6 Å². The Morgan fingerprint density at radius 2 is 1.82 bits per heavy atom. The topological polar surface area (TPSA) is 90.4 Å². The fourth-order valence-corrected chi connectivity index (χ4v) is 7.14. The summed E-state index contributed by atoms with van der Waals surface area (Å²) in [6.45, 7) is 5.83. The number of anilines is 1. The van der Waals surface area contributed by atoms with Gasteiger partial charge in [-0.05, 0) is 37.8 Å². The van der Waals surface area contributed by atoms with E-state index in [1.807, 2.05) is 50.3 Å². The average Bonchev–Trinajstić information content (AvgIpc) is 3.22. The Balaban J connectivity index is 1.56. The lowest BCUT2D eigenvalue weighted by molar-refractivity contribution is -0.144. The van der Waals surface area contributed by atoms with Gasteiger partial charge >= 0.3 is 0 Å². The molecule has 2 saturated heterocycles. The minimum absolute atomic E-state index is 0.0884. The Hall–Kier alpha value is -2.68. The number of aliphatic hydroxyl groups excluding tert-OH is 1. The number of fused-ring (bicyclic) bond motifs is 2. The maximum absolute atomic E-state index is 14.5. The molecule has 4 aliphatic heterocycles. The first-order valence-corrected chi connectivity index (χ1v) is 14.5. The highest BCUT2D eigenvalue weighted by Gasteiger charge is 2.71. The van der Waals surface area contributed by atoms with Gasteiger partial charge in [0, 0.05) is 32.8 Å². The Bertz CT molecular complexity index is 1160. The van der Waals surface area contributed by atoms with Crippen molar-refractivity contribution in [2.45, 2.75) is 63.7 Å². The monoisotopic (exact) mass is 555 g/mol. The summed E-state index contributed by atoms with van der Waals surface area (Å²) in [5.74, 6) is -2.01. The fourth-order valence-electron chi connectivity index (χ4n) is 6.81. The minimum atomic E-state index is -1.24. The maximum atomic E-state index is 14.5. The van der Waals surface area contributed by atoms with E-state index >= 15 is 0 Å². The van der Waals surface area contributed by atoms with Crippen molar-refractivity contribution in [3.05, 3.63) is 53.1 Å². The number of carbonyl (C=O) groups is 3. The molecule has 0 bridgehead atoms. The van der Waals surface area contributed by atoms with Crippen LogP contribution in [0.2, 0.25) is 5.02 Å². The van der Waals surface area contributed by atoms with Gasteiger partial charge < -0.3 is 24.5 Å². The van der Waals surface area contributed by atoms with Crippen molar-refractivity contribution < 1.29 is 24.2 Å². The lowest BCUT2D eigenvalue weighted by Gasteiger charge is -2.36. The van der Waals surface area contributed by atoms with Crippen LogP contribution in [0.15, 0.2) is 42.5 Å². The quantitative estimate of drug-likeness (QED) is 0.372. The third kappa shape index (κ3) is 4.70. The number of likely N-dealkylation sites (tertiary alicyclic amines) is 1. The molecular weight excluding hydrogens is 518 g/mol. The molecule has 1 N–H and O–H groups in total. The molecule has 5 atom stereocenters. The zero-order valence-electron chi connectivity index (χ0n) is 22.7. The van der Waals surface area contributed by atoms with Gasteiger partial charge in [0.1, 0.15) is 11.6 Å². The molecule has 1 aromatic carbocycles. The number of aryl methyl sites for hydroxylation is 1. The molecule has 5 rings (SSSR count). The number of rotatable bonds is 9. The van der Waals surface area contributed by atoms with Crippen LogP contribution in [-0.2, 0) is 19.1 Å². The van der Waals surface area contributed by atoms with Crippen molar-refractivity contribution in [3.63, 3.8) is 0 Å². The highest BCUT2D eigenvalue weighted by Crippen LogP contribution is 2.54. The number of halogens is 1. The van der Waals surface area contributed by atoms with E-state index in [2.05, 4.69) is 0 Å². The number of nitrogens with zero attached hydrogens (tertiary/aromatic N) is 3. The van der Waals surface area contributed by atoms with Crippen LogP contribution in [0, 0.1) is 18.8 Å². The molecule has 8 nitrogen and oxygen atoms in total. The van der Waals surface area contributed by atoms with E-state index in [4.69, 9.17) is 21.4 Å². The maximum Gasteiger partial charge on any atom is 0.253 e. The summed E-state index contributed by atoms with van der Waals surface area (Å²) in [4.78, 5) is 47.7. The van der Waals surface area contributed by atoms with Gasteiger partial charge in [-0.1, -0.05) is 67.8 Å². The number of hydrogen-bond acceptors (Lipinski definition) is 5. The van der Waals surface area contributed by atoms with Gasteiger partial charge in [0.25, 0.3) is 5.91 Å². The summed E-state index contributed by atoms with van der Waals surface area (Å²) in [5.41, 5.74) is 0.248. The summed E-state index contributed by atoms with van der Waals surface area (Å²) < 4.78 is 6.70. The number of para-hydroxylation sites is 1. The van der Waals surface area contributed by atoms with Crippen LogP contribution in [0.3, 0.4) is 0 Å². The molecule has 210 valence electrons. The van der Waals surface area contributed by atoms with E-state index in [0.29, 0.717) is 43.2 Å². The molecule has 3 amide bonds. The smallest absolute Gasteiger partial charge is 0.253 e. The van der Waals surface area contributed by atoms with Crippen LogP contribution in [0.4, 0.5) is 5.69 Å². The Kier molecular flexibility index (Phi) is 8.17. The van der Waals surface area contributed by atoms with E-state index < -0.39 is 29.6 Å². The van der Waals surface area contributed by atoms with Crippen LogP contribution in [0.1, 0.15) is 44.6 Å². The summed E-state index contributed by atoms with van der Waals surface area (Å²) in [6.07, 6.45) is 10.9. The highest BCUT2D eigenvalue weighted by atomic mass is 35.5. The van der Waals surface area contributed by atoms with E-state index in [-0.39, 0.29) is 30.9 Å². The van der Waals surface area contributed by atoms with Gasteiger partial charge in [-0.2, -0.15) is 0 Å². The molecule has 4 heterocycles. The Labute approximate surface area is 235 Å². The predicted molar refractivity (Wildman–Crippen MR) is 149 cm³/mol. The Morgan fingerprint density at radius 3 is 2.56 bits per heavy atom. The lowest BCUT2D eigenvalue weighted by atomic mass is 9.77. The second-order valence-corrected chi connectivity index (χ2v) is 11.4. The number of unbranched alkanes of at least 4 members (excludes halogenated alkanes) is 3. The van der Waals surface area contributed by atoms with Gasteiger partial charge in [0.15, 0.2) is 0 Å². The van der Waals surface area contributed by atoms with Crippen molar-refractivity contribution in [1.29, 1.82) is 0 Å². The second-order valence-electron chi connectivity index (χ2n) is 11.0. The molecule has 0 radical (unpaired) electrons. The van der Waals surface area contributed by atoms with Gasteiger partial charge in [0.2, 0.25) is 11.8 Å². The fraction of sp³-hybridized carbons (Fsp3) is 0.567. The number of amides is 3. The van der Waals surface area contributed by atoms with E-state index in [1.54, 1.807) is 20.8 Å². The third-order valence-electron chi connectivity index (χ3n) is 8.50. The van der Waals surface area contributed by atoms with Gasteiger partial charge in [-0.3, -0.25) is 14.4 Å². The first-order valence-electron chi connectivity index (χ1n) is 14.1. The largest absolute Gasteiger partial charge is 0.396 e. The summed E-state index contributed by atoms with van der Waals surface area (Å²) in [6, 6.07) is 4.62. The van der Waals surface area contributed by atoms with E-state index in [0.717, 1.165) is 24.8 Å². The zero-order valence-corrected chi connectivity index (χ0v) is 23.5. The Morgan fingerprint density at radius 1 is 1.03 bits per heavy atom. The number of hydrogen-bond donors (Lipinski definition) is 1. The van der Waals surface area contributed by atoms with Gasteiger partial charge in [0.05, 0.1) is 28.6 Å². The van der Waals surface area contributed by atoms with Crippen molar-refractivity contribution in [2.75, 3.05) is 37.7 Å². The van der Waals surface area contributed by atoms with Gasteiger partial charge in [-0.25, -0.2) is 0 Å². The summed E-state index contributed by atoms with van der Waals surface area (Å²) in [7, 11) is 0. The zero-order chi connectivity index (χ0) is 27.7. The molecule has 0 aromatic heterocycles. The van der Waals surface area contributed by atoms with Crippen molar-refractivity contribution in [3.8, 4) is 0 Å². The van der Waals surface area contributed by atoms with Crippen LogP contribution in [0.5, 0.6) is 0 Å². The third-order valence-corrected chi connectivity index (χ3v) is 8.81. The SMILES string of the molecule is CCCN1CC=C[C@@H]2O[C@]34C=CCN(c5c(C)cccc5Cl)C(=O)C3N(CCCCCCO)C(=O)[C@@H]4[C@@H]2C1=O. The average molecular weight is 556 g/mol. The van der Waals surface area contributed by atoms with Crippen molar-refractivity contribution >= 4 is 35.0 Å². The van der Waals surface area contributed by atoms with Crippen LogP contribution < -0.4 is 4.90 Å². The summed E-state index contributed by atoms with van der Waals surface area (Å²) in [5, 5.41) is 9.62. The standard InChI is InChI=1S/C30H38ClN3O5/c1-3-15-32-16-9-13-22-23(27(32)36)24-28(37)34(17-6-4-5-7-19-35)26-29(38)33(18-10-14-30(24,26)39-22)25-20(2)11-8-12-21(25)31/h8-14,22-24,26,35H,3-7,15-19H2,1-2H3/t22-,23+,24-,26?,30-/m0/s1. The first-order chi connectivity index (χ1) is 18.9. The molecule has 2 fully saturated rings. The highest BCUT2D eigenvalue weighted by molar-refractivity contribution is 6.34. The van der Waals surface area contributed by atoms with Gasteiger partial charge in [-0.15, -0.1) is 0 Å². The number of ether oxygens (including phenoxy) is 1. The number of carbonyl (C=O) groups excluding carboxylic acids is 3. The number of aliphatic hydroxyl groups is 1. The molecule has 0 saturated carbocycles. The van der Waals surface area contributed by atoms with Crippen LogP contribution in [-0.4, -0.2) is 83.2 Å². The second kappa shape index (κ2) is 11.4. The first kappa shape index (κ1) is 27.9. The summed E-state index contributed by atoms with van der Waals surface area (Å²) >= 11 is 6.60. The minimum Gasteiger partial charge on any atom is -0.396 e. The van der Waals surface area contributed by atoms with Crippen LogP contribution in [0.25, 0.3) is 0 Å².